The molecule has 0 spiro atoms. The average Bonchev–Trinajstić information content (AvgIpc) is 2.91. The van der Waals surface area contributed by atoms with Crippen LogP contribution in [0.2, 0.25) is 0 Å². The van der Waals surface area contributed by atoms with Gasteiger partial charge in [0.05, 0.1) is 0 Å². The molecule has 2 heteroatoms. The van der Waals surface area contributed by atoms with E-state index in [0.717, 1.165) is 22.3 Å². The predicted octanol–water partition coefficient (Wildman–Crippen LogP) is 5.52. The third kappa shape index (κ3) is 2.82. The van der Waals surface area contributed by atoms with Crippen LogP contribution in [0.1, 0.15) is 57.9 Å². The molecule has 0 aliphatic heterocycles. The van der Waals surface area contributed by atoms with Crippen molar-refractivity contribution in [1.82, 2.24) is 0 Å². The zero-order chi connectivity index (χ0) is 19.3. The zero-order valence-corrected chi connectivity index (χ0v) is 16.1. The maximum Gasteiger partial charge on any atom is 0.187 e. The summed E-state index contributed by atoms with van der Waals surface area (Å²) in [6, 6.07) is 15.2. The van der Waals surface area contributed by atoms with Gasteiger partial charge in [-0.25, -0.2) is 0 Å². The summed E-state index contributed by atoms with van der Waals surface area (Å²) in [5, 5.41) is 0. The van der Waals surface area contributed by atoms with Crippen molar-refractivity contribution in [2.45, 2.75) is 33.6 Å². The Morgan fingerprint density at radius 2 is 1.52 bits per heavy atom. The number of carbonyl (C=O) groups is 1. The van der Waals surface area contributed by atoms with Crippen molar-refractivity contribution in [3.63, 3.8) is 0 Å². The van der Waals surface area contributed by atoms with E-state index in [1.165, 1.54) is 28.3 Å². The van der Waals surface area contributed by atoms with Crippen LogP contribution in [0.5, 0.6) is 0 Å². The summed E-state index contributed by atoms with van der Waals surface area (Å²) in [5.74, 6) is 0.399. The average molecular weight is 354 g/mol. The lowest BCUT2D eigenvalue weighted by Gasteiger charge is -2.08. The Morgan fingerprint density at radius 3 is 2.26 bits per heavy atom. The lowest BCUT2D eigenvalue weighted by molar-refractivity contribution is 0.105. The predicted molar refractivity (Wildman–Crippen MR) is 111 cm³/mol. The van der Waals surface area contributed by atoms with Gasteiger partial charge in [0.15, 0.2) is 11.2 Å². The third-order valence-corrected chi connectivity index (χ3v) is 5.44. The number of aryl methyl sites for hydroxylation is 2. The minimum Gasteiger partial charge on any atom is -0.290 e. The lowest BCUT2D eigenvalue weighted by Crippen LogP contribution is -1.95. The fourth-order valence-electron chi connectivity index (χ4n) is 3.95. The van der Waals surface area contributed by atoms with Crippen LogP contribution in [0.3, 0.4) is 0 Å². The molecule has 134 valence electrons. The van der Waals surface area contributed by atoms with Crippen molar-refractivity contribution in [3.05, 3.63) is 98.2 Å². The highest BCUT2D eigenvalue weighted by Crippen LogP contribution is 2.43. The van der Waals surface area contributed by atoms with E-state index in [9.17, 15) is 9.59 Å². The molecule has 0 fully saturated rings. The smallest absolute Gasteiger partial charge is 0.187 e. The van der Waals surface area contributed by atoms with Crippen LogP contribution in [-0.2, 0) is 0 Å². The zero-order valence-electron chi connectivity index (χ0n) is 16.1. The molecule has 3 aliphatic rings. The molecular formula is C25H22O2. The second kappa shape index (κ2) is 6.31. The highest BCUT2D eigenvalue weighted by molar-refractivity contribution is 6.19. The van der Waals surface area contributed by atoms with E-state index in [1.807, 2.05) is 0 Å². The van der Waals surface area contributed by atoms with Gasteiger partial charge in [-0.3, -0.25) is 9.59 Å². The van der Waals surface area contributed by atoms with Crippen molar-refractivity contribution in [3.8, 4) is 11.1 Å². The highest BCUT2D eigenvalue weighted by atomic mass is 16.1. The van der Waals surface area contributed by atoms with E-state index in [2.05, 4.69) is 52.0 Å². The summed E-state index contributed by atoms with van der Waals surface area (Å²) in [6.45, 7) is 8.61. The maximum atomic E-state index is 12.6. The van der Waals surface area contributed by atoms with Crippen molar-refractivity contribution in [2.24, 2.45) is 0 Å². The Morgan fingerprint density at radius 1 is 0.741 bits per heavy atom. The van der Waals surface area contributed by atoms with E-state index < -0.39 is 0 Å². The summed E-state index contributed by atoms with van der Waals surface area (Å²) in [6.07, 6.45) is 1.67. The SMILES string of the molecule is Cc1cc(C2=CC(=O)c3cccc(=O)cc32)c2c(C)ccc(C(C)C)cc1-2. The van der Waals surface area contributed by atoms with Crippen LogP contribution in [0.25, 0.3) is 16.7 Å². The molecule has 0 saturated carbocycles. The molecule has 0 atom stereocenters. The number of hydrogen-bond donors (Lipinski definition) is 0. The minimum absolute atomic E-state index is 0.0385. The number of ketones is 1. The summed E-state index contributed by atoms with van der Waals surface area (Å²) < 4.78 is 0. The molecule has 0 aromatic heterocycles. The largest absolute Gasteiger partial charge is 0.290 e. The van der Waals surface area contributed by atoms with E-state index in [0.29, 0.717) is 11.5 Å². The summed E-state index contributed by atoms with van der Waals surface area (Å²) >= 11 is 0. The first-order valence-electron chi connectivity index (χ1n) is 9.32. The Balaban J connectivity index is 2.01. The number of allylic oxidation sites excluding steroid dienone is 1. The molecule has 27 heavy (non-hydrogen) atoms. The van der Waals surface area contributed by atoms with Gasteiger partial charge < -0.3 is 0 Å². The van der Waals surface area contributed by atoms with Crippen molar-refractivity contribution >= 4 is 11.4 Å². The number of hydrogen-bond acceptors (Lipinski definition) is 2. The summed E-state index contributed by atoms with van der Waals surface area (Å²) in [4.78, 5) is 24.6. The van der Waals surface area contributed by atoms with Crippen LogP contribution in [-0.4, -0.2) is 5.78 Å². The number of fused-ring (bicyclic) bond motifs is 2. The monoisotopic (exact) mass is 354 g/mol. The maximum absolute atomic E-state index is 12.6. The van der Waals surface area contributed by atoms with Gasteiger partial charge in [-0.05, 0) is 82.5 Å². The van der Waals surface area contributed by atoms with Crippen molar-refractivity contribution < 1.29 is 4.79 Å². The van der Waals surface area contributed by atoms with E-state index >= 15 is 0 Å². The number of carbonyl (C=O) groups excluding carboxylic acids is 1. The second-order valence-corrected chi connectivity index (χ2v) is 7.67. The molecule has 0 heterocycles. The molecular weight excluding hydrogens is 332 g/mol. The molecule has 1 aromatic carbocycles. The molecule has 0 bridgehead atoms. The van der Waals surface area contributed by atoms with E-state index in [1.54, 1.807) is 24.3 Å². The summed E-state index contributed by atoms with van der Waals surface area (Å²) in [7, 11) is 0. The van der Waals surface area contributed by atoms with Crippen LogP contribution in [0, 0.1) is 13.8 Å². The van der Waals surface area contributed by atoms with Crippen LogP contribution in [0.4, 0.5) is 0 Å². The summed E-state index contributed by atoms with van der Waals surface area (Å²) in [5.41, 5.74) is 9.13. The molecule has 0 unspecified atom stereocenters. The van der Waals surface area contributed by atoms with E-state index in [4.69, 9.17) is 0 Å². The Kier molecular flexibility index (Phi) is 4.07. The molecule has 0 radical (unpaired) electrons. The van der Waals surface area contributed by atoms with Gasteiger partial charge in [-0.1, -0.05) is 50.2 Å². The standard InChI is InChI=1S/C25H22O2/c1-14(2)17-9-8-15(3)25-20(11-17)16(4)10-23(25)22-13-24(27)19-7-5-6-18(26)12-21(19)22/h5-14H,1-4H3. The van der Waals surface area contributed by atoms with Gasteiger partial charge in [-0.15, -0.1) is 0 Å². The van der Waals surface area contributed by atoms with Gasteiger partial charge >= 0.3 is 0 Å². The van der Waals surface area contributed by atoms with Crippen LogP contribution in [0.15, 0.2) is 59.4 Å². The van der Waals surface area contributed by atoms with Gasteiger partial charge in [0.25, 0.3) is 0 Å². The lowest BCUT2D eigenvalue weighted by atomic mass is 9.95. The molecule has 3 aliphatic carbocycles. The Labute approximate surface area is 159 Å². The van der Waals surface area contributed by atoms with Crippen molar-refractivity contribution in [2.75, 3.05) is 0 Å². The normalized spacial score (nSPS) is 13.2. The second-order valence-electron chi connectivity index (χ2n) is 7.67. The molecule has 0 N–H and O–H groups in total. The Hall–Kier alpha value is -3.00. The topological polar surface area (TPSA) is 34.1 Å². The first-order chi connectivity index (χ1) is 12.9. The van der Waals surface area contributed by atoms with Crippen molar-refractivity contribution in [1.29, 1.82) is 0 Å². The molecule has 2 nitrogen and oxygen atoms in total. The van der Waals surface area contributed by atoms with Crippen LogP contribution < -0.4 is 5.43 Å². The first-order valence-corrected chi connectivity index (χ1v) is 9.32. The molecule has 1 aromatic rings. The fourth-order valence-corrected chi connectivity index (χ4v) is 3.95. The Bertz CT molecular complexity index is 1150. The van der Waals surface area contributed by atoms with Gasteiger partial charge in [0, 0.05) is 5.56 Å². The molecule has 4 rings (SSSR count). The van der Waals surface area contributed by atoms with Gasteiger partial charge in [0.1, 0.15) is 0 Å². The van der Waals surface area contributed by atoms with Gasteiger partial charge in [0.2, 0.25) is 0 Å². The first kappa shape index (κ1) is 17.4. The third-order valence-electron chi connectivity index (χ3n) is 5.44. The number of rotatable bonds is 2. The quantitative estimate of drug-likeness (QED) is 0.607. The molecule has 0 saturated heterocycles. The van der Waals surface area contributed by atoms with Gasteiger partial charge in [-0.2, -0.15) is 0 Å². The van der Waals surface area contributed by atoms with E-state index in [-0.39, 0.29) is 11.2 Å². The highest BCUT2D eigenvalue weighted by Gasteiger charge is 2.26. The molecule has 0 amide bonds. The van der Waals surface area contributed by atoms with Crippen LogP contribution >= 0.6 is 0 Å². The minimum atomic E-state index is -0.0891. The fraction of sp³-hybridized carbons (Fsp3) is 0.200.